The summed E-state index contributed by atoms with van der Waals surface area (Å²) in [5, 5.41) is 11.7. The molecule has 1 aromatic rings. The lowest BCUT2D eigenvalue weighted by molar-refractivity contribution is -0.137. The SMILES string of the molecule is O=C(O)CCCCC(=O)NC(c1ccc(F)cc1)C1CCCC1. The summed E-state index contributed by atoms with van der Waals surface area (Å²) >= 11 is 0. The van der Waals surface area contributed by atoms with Gasteiger partial charge in [0.1, 0.15) is 5.82 Å². The highest BCUT2D eigenvalue weighted by Crippen LogP contribution is 2.35. The normalized spacial score (nSPS) is 16.2. The molecule has 2 N–H and O–H groups in total. The van der Waals surface area contributed by atoms with Crippen molar-refractivity contribution in [3.05, 3.63) is 35.6 Å². The Kier molecular flexibility index (Phi) is 6.56. The zero-order valence-electron chi connectivity index (χ0n) is 13.3. The van der Waals surface area contributed by atoms with Crippen molar-refractivity contribution in [2.75, 3.05) is 0 Å². The Labute approximate surface area is 136 Å². The van der Waals surface area contributed by atoms with Crippen LogP contribution in [-0.2, 0) is 9.59 Å². The number of hydrogen-bond donors (Lipinski definition) is 2. The minimum absolute atomic E-state index is 0.0587. The van der Waals surface area contributed by atoms with Gasteiger partial charge in [0.15, 0.2) is 0 Å². The lowest BCUT2D eigenvalue weighted by Gasteiger charge is -2.25. The number of carbonyl (C=O) groups is 2. The van der Waals surface area contributed by atoms with E-state index in [-0.39, 0.29) is 24.2 Å². The van der Waals surface area contributed by atoms with Crippen LogP contribution < -0.4 is 5.32 Å². The van der Waals surface area contributed by atoms with Crippen LogP contribution >= 0.6 is 0 Å². The van der Waals surface area contributed by atoms with Gasteiger partial charge in [0.25, 0.3) is 0 Å². The number of halogens is 1. The van der Waals surface area contributed by atoms with Crippen molar-refractivity contribution in [3.63, 3.8) is 0 Å². The second kappa shape index (κ2) is 8.65. The van der Waals surface area contributed by atoms with Crippen LogP contribution in [0.5, 0.6) is 0 Å². The molecule has 0 radical (unpaired) electrons. The zero-order chi connectivity index (χ0) is 16.7. The molecule has 0 heterocycles. The number of nitrogens with one attached hydrogen (secondary N) is 1. The van der Waals surface area contributed by atoms with E-state index < -0.39 is 5.97 Å². The van der Waals surface area contributed by atoms with Gasteiger partial charge in [0.05, 0.1) is 6.04 Å². The van der Waals surface area contributed by atoms with Gasteiger partial charge in [0.2, 0.25) is 5.91 Å². The molecule has 1 fully saturated rings. The summed E-state index contributed by atoms with van der Waals surface area (Å²) in [4.78, 5) is 22.6. The number of unbranched alkanes of at least 4 members (excludes halogenated alkanes) is 1. The highest BCUT2D eigenvalue weighted by atomic mass is 19.1. The first-order chi connectivity index (χ1) is 11.1. The largest absolute Gasteiger partial charge is 0.481 e. The molecule has 126 valence electrons. The molecule has 0 spiro atoms. The zero-order valence-corrected chi connectivity index (χ0v) is 13.3. The van der Waals surface area contributed by atoms with Crippen molar-refractivity contribution in [3.8, 4) is 0 Å². The highest BCUT2D eigenvalue weighted by molar-refractivity contribution is 5.76. The van der Waals surface area contributed by atoms with Crippen LogP contribution in [-0.4, -0.2) is 17.0 Å². The first kappa shape index (κ1) is 17.4. The predicted molar refractivity (Wildman–Crippen MR) is 85.3 cm³/mol. The van der Waals surface area contributed by atoms with E-state index in [0.29, 0.717) is 25.2 Å². The molecule has 5 heteroatoms. The van der Waals surface area contributed by atoms with Gasteiger partial charge in [-0.2, -0.15) is 0 Å². The minimum Gasteiger partial charge on any atom is -0.481 e. The van der Waals surface area contributed by atoms with Crippen molar-refractivity contribution in [2.24, 2.45) is 5.92 Å². The maximum absolute atomic E-state index is 13.1. The lowest BCUT2D eigenvalue weighted by Crippen LogP contribution is -2.32. The van der Waals surface area contributed by atoms with E-state index in [1.165, 1.54) is 12.1 Å². The molecule has 1 amide bonds. The molecule has 0 aliphatic heterocycles. The van der Waals surface area contributed by atoms with Gasteiger partial charge < -0.3 is 10.4 Å². The maximum Gasteiger partial charge on any atom is 0.303 e. The van der Waals surface area contributed by atoms with Gasteiger partial charge in [-0.1, -0.05) is 25.0 Å². The molecule has 1 aliphatic carbocycles. The number of aliphatic carboxylic acids is 1. The Balaban J connectivity index is 1.93. The van der Waals surface area contributed by atoms with Crippen molar-refractivity contribution >= 4 is 11.9 Å². The van der Waals surface area contributed by atoms with Gasteiger partial charge in [-0.05, 0) is 49.3 Å². The van der Waals surface area contributed by atoms with E-state index in [1.807, 2.05) is 0 Å². The molecule has 2 rings (SSSR count). The number of hydrogen-bond acceptors (Lipinski definition) is 2. The van der Waals surface area contributed by atoms with Crippen LogP contribution in [0.15, 0.2) is 24.3 Å². The van der Waals surface area contributed by atoms with Crippen LogP contribution in [0, 0.1) is 11.7 Å². The summed E-state index contributed by atoms with van der Waals surface area (Å²) < 4.78 is 13.1. The Morgan fingerprint density at radius 2 is 1.74 bits per heavy atom. The fraction of sp³-hybridized carbons (Fsp3) is 0.556. The van der Waals surface area contributed by atoms with Crippen LogP contribution in [0.4, 0.5) is 4.39 Å². The quantitative estimate of drug-likeness (QED) is 0.715. The van der Waals surface area contributed by atoms with Gasteiger partial charge in [-0.15, -0.1) is 0 Å². The van der Waals surface area contributed by atoms with E-state index in [0.717, 1.165) is 31.2 Å². The highest BCUT2D eigenvalue weighted by Gasteiger charge is 2.27. The van der Waals surface area contributed by atoms with E-state index in [4.69, 9.17) is 5.11 Å². The lowest BCUT2D eigenvalue weighted by atomic mass is 9.91. The number of amides is 1. The molecular weight excluding hydrogens is 297 g/mol. The van der Waals surface area contributed by atoms with Crippen LogP contribution in [0.1, 0.15) is 63.0 Å². The molecule has 1 atom stereocenters. The average Bonchev–Trinajstić information content (AvgIpc) is 3.04. The van der Waals surface area contributed by atoms with Crippen molar-refractivity contribution in [1.82, 2.24) is 5.32 Å². The molecule has 4 nitrogen and oxygen atoms in total. The third-order valence-corrected chi connectivity index (χ3v) is 4.46. The fourth-order valence-corrected chi connectivity index (χ4v) is 3.24. The number of carboxylic acid groups (broad SMARTS) is 1. The Morgan fingerprint density at radius 1 is 1.13 bits per heavy atom. The predicted octanol–water partition coefficient (Wildman–Crippen LogP) is 3.82. The standard InChI is InChI=1S/C18H24FNO3/c19-15-11-9-14(10-12-15)18(13-5-1-2-6-13)20-16(21)7-3-4-8-17(22)23/h9-13,18H,1-8H2,(H,20,21)(H,22,23). The van der Waals surface area contributed by atoms with E-state index in [2.05, 4.69) is 5.32 Å². The maximum atomic E-state index is 13.1. The summed E-state index contributed by atoms with van der Waals surface area (Å²) in [5.41, 5.74) is 0.942. The van der Waals surface area contributed by atoms with E-state index >= 15 is 0 Å². The van der Waals surface area contributed by atoms with Crippen molar-refractivity contribution in [1.29, 1.82) is 0 Å². The number of carbonyl (C=O) groups excluding carboxylic acids is 1. The Bertz CT molecular complexity index is 524. The smallest absolute Gasteiger partial charge is 0.303 e. The molecule has 1 aromatic carbocycles. The monoisotopic (exact) mass is 321 g/mol. The second-order valence-corrected chi connectivity index (χ2v) is 6.24. The van der Waals surface area contributed by atoms with Crippen LogP contribution in [0.25, 0.3) is 0 Å². The van der Waals surface area contributed by atoms with E-state index in [9.17, 15) is 14.0 Å². The van der Waals surface area contributed by atoms with Gasteiger partial charge >= 0.3 is 5.97 Å². The molecule has 1 unspecified atom stereocenters. The third-order valence-electron chi connectivity index (χ3n) is 4.46. The summed E-state index contributed by atoms with van der Waals surface area (Å²) in [5.74, 6) is -0.778. The summed E-state index contributed by atoms with van der Waals surface area (Å²) in [6, 6.07) is 6.25. The topological polar surface area (TPSA) is 66.4 Å². The molecule has 1 aliphatic rings. The first-order valence-electron chi connectivity index (χ1n) is 8.33. The molecular formula is C18H24FNO3. The number of carboxylic acids is 1. The minimum atomic E-state index is -0.833. The number of rotatable bonds is 8. The molecule has 23 heavy (non-hydrogen) atoms. The summed E-state index contributed by atoms with van der Waals surface area (Å²) in [6.07, 6.45) is 5.97. The van der Waals surface area contributed by atoms with Crippen molar-refractivity contribution < 1.29 is 19.1 Å². The molecule has 0 bridgehead atoms. The summed E-state index contributed by atoms with van der Waals surface area (Å²) in [7, 11) is 0. The fourth-order valence-electron chi connectivity index (χ4n) is 3.24. The third kappa shape index (κ3) is 5.66. The van der Waals surface area contributed by atoms with Crippen molar-refractivity contribution in [2.45, 2.75) is 57.4 Å². The molecule has 1 saturated carbocycles. The Hall–Kier alpha value is -1.91. The summed E-state index contributed by atoms with van der Waals surface area (Å²) in [6.45, 7) is 0. The van der Waals surface area contributed by atoms with Crippen LogP contribution in [0.2, 0.25) is 0 Å². The number of benzene rings is 1. The molecule has 0 aromatic heterocycles. The first-order valence-corrected chi connectivity index (χ1v) is 8.33. The van der Waals surface area contributed by atoms with Crippen LogP contribution in [0.3, 0.4) is 0 Å². The Morgan fingerprint density at radius 3 is 2.35 bits per heavy atom. The van der Waals surface area contributed by atoms with E-state index in [1.54, 1.807) is 12.1 Å². The van der Waals surface area contributed by atoms with Gasteiger partial charge in [-0.25, -0.2) is 4.39 Å². The molecule has 0 saturated heterocycles. The van der Waals surface area contributed by atoms with Gasteiger partial charge in [0, 0.05) is 12.8 Å². The van der Waals surface area contributed by atoms with Gasteiger partial charge in [-0.3, -0.25) is 9.59 Å². The second-order valence-electron chi connectivity index (χ2n) is 6.24. The average molecular weight is 321 g/mol.